The molecule has 3 nitrogen and oxygen atoms in total. The SMILES string of the molecule is CCC1(COc2ccc(C3(c4cc(C)ccc4C)c4cc(-c5ccc6c(c5)C(c5ccc(OCCC(C)CCCC(C)C)cc5)(c5cc(C)ccc5C)c5cc(C(C)(CC)CC)ccc5-6)ccc4-c4ccc(C(C)(CC)CC)cc43)cc2)COC1. The van der Waals surface area contributed by atoms with Gasteiger partial charge in [0, 0.05) is 0 Å². The highest BCUT2D eigenvalue weighted by Crippen LogP contribution is 2.61. The summed E-state index contributed by atoms with van der Waals surface area (Å²) in [5, 5.41) is 0. The van der Waals surface area contributed by atoms with Crippen molar-refractivity contribution in [3.05, 3.63) is 236 Å². The maximum absolute atomic E-state index is 6.66. The first kappa shape index (κ1) is 60.0. The molecular formula is C82H96O3. The molecule has 0 radical (unpaired) electrons. The molecule has 442 valence electrons. The van der Waals surface area contributed by atoms with Crippen LogP contribution in [-0.4, -0.2) is 26.4 Å². The lowest BCUT2D eigenvalue weighted by Gasteiger charge is -2.40. The third kappa shape index (κ3) is 10.5. The molecule has 1 saturated heterocycles. The summed E-state index contributed by atoms with van der Waals surface area (Å²) in [4.78, 5) is 0. The van der Waals surface area contributed by atoms with E-state index in [-0.39, 0.29) is 16.2 Å². The van der Waals surface area contributed by atoms with Gasteiger partial charge in [-0.3, -0.25) is 0 Å². The molecule has 0 bridgehead atoms. The summed E-state index contributed by atoms with van der Waals surface area (Å²) in [5.74, 6) is 3.22. The Kier molecular flexibility index (Phi) is 16.9. The Hall–Kier alpha value is -6.68. The Morgan fingerprint density at radius 1 is 0.447 bits per heavy atom. The van der Waals surface area contributed by atoms with E-state index in [0.717, 1.165) is 75.8 Å². The van der Waals surface area contributed by atoms with Crippen molar-refractivity contribution < 1.29 is 14.2 Å². The van der Waals surface area contributed by atoms with E-state index in [9.17, 15) is 0 Å². The Bertz CT molecular complexity index is 3690. The molecular weight excluding hydrogens is 1030 g/mol. The van der Waals surface area contributed by atoms with Crippen molar-refractivity contribution in [2.24, 2.45) is 17.3 Å². The van der Waals surface area contributed by atoms with E-state index in [1.54, 1.807) is 0 Å². The van der Waals surface area contributed by atoms with Crippen LogP contribution < -0.4 is 9.47 Å². The molecule has 2 aliphatic carbocycles. The highest BCUT2D eigenvalue weighted by molar-refractivity contribution is 5.92. The molecule has 3 aliphatic rings. The molecule has 1 heterocycles. The fraction of sp³-hybridized carbons (Fsp3) is 0.415. The predicted octanol–water partition coefficient (Wildman–Crippen LogP) is 21.5. The molecule has 1 fully saturated rings. The third-order valence-electron chi connectivity index (χ3n) is 21.8. The number of ether oxygens (including phenoxy) is 3. The van der Waals surface area contributed by atoms with Crippen LogP contribution in [0.3, 0.4) is 0 Å². The standard InChI is InChI=1S/C82H96O3/c1-15-78(13,16-2)64-33-41-70-68-39-27-60(47-74(68)81(76(70)49-64,72-45-56(9)23-25-58(72)11)62-29-35-66(36-30-62)84-44-43-55(8)22-20-21-54(6)7)61-28-40-69-71-42-34-65(79(14,17-3)18-4)50-77(71)82(75(69)48-61,73-46-57(10)24-26-59(73)12)63-31-37-67(38-32-63)85-53-80(19-5)51-83-52-80/h23-42,45-50,54-55H,15-22,43-44,51-53H2,1-14H3. The summed E-state index contributed by atoms with van der Waals surface area (Å²) in [5.41, 5.74) is 24.9. The number of aryl methyl sites for hydroxylation is 4. The Morgan fingerprint density at radius 3 is 1.27 bits per heavy atom. The van der Waals surface area contributed by atoms with Crippen LogP contribution in [0.5, 0.6) is 11.5 Å². The van der Waals surface area contributed by atoms with Crippen molar-refractivity contribution in [1.29, 1.82) is 0 Å². The molecule has 0 spiro atoms. The molecule has 3 heteroatoms. The summed E-state index contributed by atoms with van der Waals surface area (Å²) < 4.78 is 19.0. The average molecular weight is 1130 g/mol. The van der Waals surface area contributed by atoms with Gasteiger partial charge in [0.15, 0.2) is 0 Å². The second-order valence-electron chi connectivity index (χ2n) is 27.5. The predicted molar refractivity (Wildman–Crippen MR) is 358 cm³/mol. The van der Waals surface area contributed by atoms with Gasteiger partial charge < -0.3 is 14.2 Å². The molecule has 11 rings (SSSR count). The summed E-state index contributed by atoms with van der Waals surface area (Å²) >= 11 is 0. The first-order chi connectivity index (χ1) is 40.9. The largest absolute Gasteiger partial charge is 0.494 e. The van der Waals surface area contributed by atoms with Crippen LogP contribution in [0.4, 0.5) is 0 Å². The number of hydrogen-bond donors (Lipinski definition) is 0. The molecule has 3 atom stereocenters. The van der Waals surface area contributed by atoms with Gasteiger partial charge in [0.1, 0.15) is 11.5 Å². The number of rotatable bonds is 23. The fourth-order valence-electron chi connectivity index (χ4n) is 14.9. The Labute approximate surface area is 512 Å². The summed E-state index contributed by atoms with van der Waals surface area (Å²) in [6, 6.07) is 62.6. The van der Waals surface area contributed by atoms with Crippen LogP contribution in [-0.2, 0) is 26.4 Å². The molecule has 0 amide bonds. The zero-order valence-electron chi connectivity index (χ0n) is 54.1. The minimum absolute atomic E-state index is 0.0236. The summed E-state index contributed by atoms with van der Waals surface area (Å²) in [7, 11) is 0. The van der Waals surface area contributed by atoms with E-state index < -0.39 is 10.8 Å². The van der Waals surface area contributed by atoms with Gasteiger partial charge in [-0.05, 0) is 225 Å². The quantitative estimate of drug-likeness (QED) is 0.0639. The smallest absolute Gasteiger partial charge is 0.119 e. The average Bonchev–Trinajstić information content (AvgIpc) is 1.71. The fourth-order valence-corrected chi connectivity index (χ4v) is 14.9. The van der Waals surface area contributed by atoms with Crippen molar-refractivity contribution in [2.45, 2.75) is 176 Å². The zero-order chi connectivity index (χ0) is 60.1. The van der Waals surface area contributed by atoms with E-state index in [1.165, 1.54) is 131 Å². The lowest BCUT2D eigenvalue weighted by Crippen LogP contribution is -2.46. The van der Waals surface area contributed by atoms with Gasteiger partial charge in [-0.25, -0.2) is 0 Å². The molecule has 0 aromatic heterocycles. The van der Waals surface area contributed by atoms with Crippen LogP contribution in [0.2, 0.25) is 0 Å². The van der Waals surface area contributed by atoms with E-state index in [0.29, 0.717) is 12.5 Å². The maximum Gasteiger partial charge on any atom is 0.119 e. The second kappa shape index (κ2) is 23.9. The van der Waals surface area contributed by atoms with Gasteiger partial charge >= 0.3 is 0 Å². The van der Waals surface area contributed by atoms with Crippen molar-refractivity contribution in [1.82, 2.24) is 0 Å². The van der Waals surface area contributed by atoms with Gasteiger partial charge in [0.2, 0.25) is 0 Å². The van der Waals surface area contributed by atoms with Crippen molar-refractivity contribution in [2.75, 3.05) is 26.4 Å². The molecule has 8 aromatic rings. The van der Waals surface area contributed by atoms with Crippen LogP contribution in [0, 0.1) is 44.9 Å². The molecule has 3 unspecified atom stereocenters. The number of benzene rings is 8. The highest BCUT2D eigenvalue weighted by Gasteiger charge is 2.50. The van der Waals surface area contributed by atoms with Gasteiger partial charge in [-0.1, -0.05) is 221 Å². The summed E-state index contributed by atoms with van der Waals surface area (Å²) in [6.45, 7) is 35.7. The zero-order valence-corrected chi connectivity index (χ0v) is 54.1. The van der Waals surface area contributed by atoms with Crippen LogP contribution in [0.1, 0.15) is 205 Å². The third-order valence-corrected chi connectivity index (χ3v) is 21.8. The highest BCUT2D eigenvalue weighted by atomic mass is 16.5. The van der Waals surface area contributed by atoms with Gasteiger partial charge in [0.05, 0.1) is 42.7 Å². The van der Waals surface area contributed by atoms with E-state index in [1.807, 2.05) is 0 Å². The van der Waals surface area contributed by atoms with Gasteiger partial charge in [-0.2, -0.15) is 0 Å². The van der Waals surface area contributed by atoms with Gasteiger partial charge in [-0.15, -0.1) is 0 Å². The monoisotopic (exact) mass is 1130 g/mol. The second-order valence-corrected chi connectivity index (χ2v) is 27.5. The minimum atomic E-state index is -0.632. The van der Waals surface area contributed by atoms with E-state index >= 15 is 0 Å². The Balaban J connectivity index is 1.11. The molecule has 85 heavy (non-hydrogen) atoms. The van der Waals surface area contributed by atoms with Crippen LogP contribution >= 0.6 is 0 Å². The van der Waals surface area contributed by atoms with E-state index in [4.69, 9.17) is 14.2 Å². The number of hydrogen-bond acceptors (Lipinski definition) is 3. The topological polar surface area (TPSA) is 27.7 Å². The van der Waals surface area contributed by atoms with Crippen LogP contribution in [0.25, 0.3) is 33.4 Å². The first-order valence-corrected chi connectivity index (χ1v) is 32.7. The molecule has 1 aliphatic heterocycles. The van der Waals surface area contributed by atoms with Crippen molar-refractivity contribution in [3.8, 4) is 44.9 Å². The lowest BCUT2D eigenvalue weighted by molar-refractivity contribution is -0.133. The minimum Gasteiger partial charge on any atom is -0.494 e. The first-order valence-electron chi connectivity index (χ1n) is 32.7. The maximum atomic E-state index is 6.66. The normalized spacial score (nSPS) is 17.9. The lowest BCUT2D eigenvalue weighted by atomic mass is 9.64. The van der Waals surface area contributed by atoms with Crippen LogP contribution in [0.15, 0.2) is 158 Å². The van der Waals surface area contributed by atoms with Crippen molar-refractivity contribution in [3.63, 3.8) is 0 Å². The number of fused-ring (bicyclic) bond motifs is 6. The molecule has 0 saturated carbocycles. The van der Waals surface area contributed by atoms with Crippen molar-refractivity contribution >= 4 is 0 Å². The molecule has 0 N–H and O–H groups in total. The molecule has 8 aromatic carbocycles. The van der Waals surface area contributed by atoms with Gasteiger partial charge in [0.25, 0.3) is 0 Å². The summed E-state index contributed by atoms with van der Waals surface area (Å²) in [6.07, 6.45) is 10.2. The van der Waals surface area contributed by atoms with E-state index in [2.05, 4.69) is 255 Å². The Morgan fingerprint density at radius 2 is 0.871 bits per heavy atom.